The SMILES string of the molecule is CCOc1cc(C)nc(N2CCN(C(C)(C)CN)CC2)n1. The lowest BCUT2D eigenvalue weighted by Gasteiger charge is -2.43. The van der Waals surface area contributed by atoms with Gasteiger partial charge in [-0.1, -0.05) is 0 Å². The number of hydrogen-bond acceptors (Lipinski definition) is 6. The van der Waals surface area contributed by atoms with Gasteiger partial charge in [0.05, 0.1) is 6.61 Å². The minimum atomic E-state index is 0.0516. The highest BCUT2D eigenvalue weighted by molar-refractivity contribution is 5.35. The lowest BCUT2D eigenvalue weighted by atomic mass is 10.0. The van der Waals surface area contributed by atoms with Gasteiger partial charge in [0.2, 0.25) is 11.8 Å². The van der Waals surface area contributed by atoms with Crippen LogP contribution in [0.3, 0.4) is 0 Å². The number of nitrogens with two attached hydrogens (primary N) is 1. The van der Waals surface area contributed by atoms with Crippen LogP contribution < -0.4 is 15.4 Å². The van der Waals surface area contributed by atoms with Crippen LogP contribution in [0.15, 0.2) is 6.07 Å². The molecule has 0 unspecified atom stereocenters. The van der Waals surface area contributed by atoms with E-state index in [1.165, 1.54) is 0 Å². The quantitative estimate of drug-likeness (QED) is 0.875. The average molecular weight is 293 g/mol. The molecule has 0 aliphatic carbocycles. The first-order valence-corrected chi connectivity index (χ1v) is 7.65. The van der Waals surface area contributed by atoms with Gasteiger partial charge in [-0.25, -0.2) is 4.98 Å². The highest BCUT2D eigenvalue weighted by Crippen LogP contribution is 2.20. The Balaban J connectivity index is 2.05. The fourth-order valence-electron chi connectivity index (χ4n) is 2.53. The number of anilines is 1. The Bertz CT molecular complexity index is 469. The summed E-state index contributed by atoms with van der Waals surface area (Å²) in [5.74, 6) is 1.42. The van der Waals surface area contributed by atoms with E-state index < -0.39 is 0 Å². The van der Waals surface area contributed by atoms with E-state index >= 15 is 0 Å². The molecule has 21 heavy (non-hydrogen) atoms. The molecular weight excluding hydrogens is 266 g/mol. The Kier molecular flexibility index (Phi) is 5.00. The lowest BCUT2D eigenvalue weighted by molar-refractivity contribution is 0.118. The molecule has 0 saturated carbocycles. The number of hydrogen-bond donors (Lipinski definition) is 1. The fourth-order valence-corrected chi connectivity index (χ4v) is 2.53. The number of nitrogens with zero attached hydrogens (tertiary/aromatic N) is 4. The Morgan fingerprint density at radius 1 is 1.24 bits per heavy atom. The van der Waals surface area contributed by atoms with Crippen LogP contribution in [0.25, 0.3) is 0 Å². The Morgan fingerprint density at radius 2 is 1.90 bits per heavy atom. The maximum atomic E-state index is 5.86. The first-order chi connectivity index (χ1) is 9.96. The van der Waals surface area contributed by atoms with E-state index in [1.54, 1.807) is 0 Å². The first kappa shape index (κ1) is 16.0. The van der Waals surface area contributed by atoms with Gasteiger partial charge in [0, 0.05) is 50.0 Å². The van der Waals surface area contributed by atoms with Crippen molar-refractivity contribution in [3.8, 4) is 5.88 Å². The molecule has 0 radical (unpaired) electrons. The van der Waals surface area contributed by atoms with E-state index in [9.17, 15) is 0 Å². The van der Waals surface area contributed by atoms with Crippen molar-refractivity contribution >= 4 is 5.95 Å². The minimum Gasteiger partial charge on any atom is -0.478 e. The van der Waals surface area contributed by atoms with E-state index in [1.807, 2.05) is 19.9 Å². The van der Waals surface area contributed by atoms with Crippen LogP contribution in [0, 0.1) is 6.92 Å². The molecule has 0 bridgehead atoms. The summed E-state index contributed by atoms with van der Waals surface area (Å²) in [6.07, 6.45) is 0. The zero-order chi connectivity index (χ0) is 15.5. The van der Waals surface area contributed by atoms with Crippen LogP contribution in [0.5, 0.6) is 5.88 Å². The van der Waals surface area contributed by atoms with Crippen LogP contribution in [-0.2, 0) is 0 Å². The second-order valence-corrected chi connectivity index (χ2v) is 6.07. The van der Waals surface area contributed by atoms with Gasteiger partial charge >= 0.3 is 0 Å². The van der Waals surface area contributed by atoms with Gasteiger partial charge < -0.3 is 15.4 Å². The summed E-state index contributed by atoms with van der Waals surface area (Å²) < 4.78 is 5.51. The molecule has 0 aromatic carbocycles. The van der Waals surface area contributed by atoms with Crippen molar-refractivity contribution in [1.29, 1.82) is 0 Å². The highest BCUT2D eigenvalue weighted by Gasteiger charge is 2.29. The second-order valence-electron chi connectivity index (χ2n) is 6.07. The van der Waals surface area contributed by atoms with Gasteiger partial charge in [-0.15, -0.1) is 0 Å². The van der Waals surface area contributed by atoms with Crippen LogP contribution in [0.4, 0.5) is 5.95 Å². The van der Waals surface area contributed by atoms with Crippen LogP contribution in [-0.4, -0.2) is 59.7 Å². The van der Waals surface area contributed by atoms with E-state index in [4.69, 9.17) is 10.5 Å². The molecule has 1 fully saturated rings. The number of ether oxygens (including phenoxy) is 1. The summed E-state index contributed by atoms with van der Waals surface area (Å²) in [5.41, 5.74) is 6.85. The monoisotopic (exact) mass is 293 g/mol. The standard InChI is InChI=1S/C15H27N5O/c1-5-21-13-10-12(2)17-14(18-13)19-6-8-20(9-7-19)15(3,4)11-16/h10H,5-9,11,16H2,1-4H3. The van der Waals surface area contributed by atoms with Crippen molar-refractivity contribution < 1.29 is 4.74 Å². The molecule has 0 atom stereocenters. The molecule has 1 saturated heterocycles. The summed E-state index contributed by atoms with van der Waals surface area (Å²) in [5, 5.41) is 0. The van der Waals surface area contributed by atoms with E-state index in [2.05, 4.69) is 33.6 Å². The van der Waals surface area contributed by atoms with Crippen molar-refractivity contribution in [3.05, 3.63) is 11.8 Å². The third kappa shape index (κ3) is 3.83. The summed E-state index contributed by atoms with van der Waals surface area (Å²) in [4.78, 5) is 13.7. The second kappa shape index (κ2) is 6.58. The Morgan fingerprint density at radius 3 is 2.48 bits per heavy atom. The largest absolute Gasteiger partial charge is 0.478 e. The summed E-state index contributed by atoms with van der Waals surface area (Å²) in [7, 11) is 0. The van der Waals surface area contributed by atoms with E-state index in [0.717, 1.165) is 37.8 Å². The van der Waals surface area contributed by atoms with Crippen molar-refractivity contribution in [2.45, 2.75) is 33.2 Å². The van der Waals surface area contributed by atoms with Gasteiger partial charge in [0.15, 0.2) is 0 Å². The molecule has 1 aromatic heterocycles. The Hall–Kier alpha value is -1.40. The zero-order valence-electron chi connectivity index (χ0n) is 13.6. The number of aromatic nitrogens is 2. The van der Waals surface area contributed by atoms with Crippen molar-refractivity contribution in [1.82, 2.24) is 14.9 Å². The highest BCUT2D eigenvalue weighted by atomic mass is 16.5. The maximum absolute atomic E-state index is 5.86. The average Bonchev–Trinajstić information content (AvgIpc) is 2.47. The molecule has 0 spiro atoms. The van der Waals surface area contributed by atoms with Crippen molar-refractivity contribution in [2.24, 2.45) is 5.73 Å². The fraction of sp³-hybridized carbons (Fsp3) is 0.733. The Labute approximate surface area is 127 Å². The normalized spacial score (nSPS) is 17.1. The summed E-state index contributed by atoms with van der Waals surface area (Å²) in [6, 6.07) is 1.88. The van der Waals surface area contributed by atoms with Gasteiger partial charge in [-0.2, -0.15) is 4.98 Å². The molecule has 1 aliphatic heterocycles. The van der Waals surface area contributed by atoms with Crippen LogP contribution >= 0.6 is 0 Å². The molecular formula is C15H27N5O. The van der Waals surface area contributed by atoms with Crippen LogP contribution in [0.1, 0.15) is 26.5 Å². The predicted octanol–water partition coefficient (Wildman–Crippen LogP) is 1.04. The molecule has 6 nitrogen and oxygen atoms in total. The van der Waals surface area contributed by atoms with Crippen LogP contribution in [0.2, 0.25) is 0 Å². The van der Waals surface area contributed by atoms with E-state index in [-0.39, 0.29) is 5.54 Å². The number of rotatable bonds is 5. The molecule has 2 N–H and O–H groups in total. The molecule has 1 aliphatic rings. The van der Waals surface area contributed by atoms with Gasteiger partial charge in [-0.3, -0.25) is 4.90 Å². The molecule has 118 valence electrons. The molecule has 2 rings (SSSR count). The van der Waals surface area contributed by atoms with Crippen molar-refractivity contribution in [3.63, 3.8) is 0 Å². The number of aryl methyl sites for hydroxylation is 1. The topological polar surface area (TPSA) is 67.5 Å². The zero-order valence-corrected chi connectivity index (χ0v) is 13.6. The first-order valence-electron chi connectivity index (χ1n) is 7.65. The minimum absolute atomic E-state index is 0.0516. The number of piperazine rings is 1. The van der Waals surface area contributed by atoms with Gasteiger partial charge in [0.1, 0.15) is 0 Å². The van der Waals surface area contributed by atoms with Gasteiger partial charge in [-0.05, 0) is 27.7 Å². The van der Waals surface area contributed by atoms with Gasteiger partial charge in [0.25, 0.3) is 0 Å². The summed E-state index contributed by atoms with van der Waals surface area (Å²) >= 11 is 0. The predicted molar refractivity (Wildman–Crippen MR) is 84.9 cm³/mol. The van der Waals surface area contributed by atoms with Crippen molar-refractivity contribution in [2.75, 3.05) is 44.2 Å². The third-order valence-electron chi connectivity index (χ3n) is 4.03. The molecule has 6 heteroatoms. The lowest BCUT2D eigenvalue weighted by Crippen LogP contribution is -2.57. The molecule has 2 heterocycles. The molecule has 1 aromatic rings. The third-order valence-corrected chi connectivity index (χ3v) is 4.03. The molecule has 0 amide bonds. The van der Waals surface area contributed by atoms with E-state index in [0.29, 0.717) is 19.0 Å². The smallest absolute Gasteiger partial charge is 0.228 e. The maximum Gasteiger partial charge on any atom is 0.228 e. The summed E-state index contributed by atoms with van der Waals surface area (Å²) in [6.45, 7) is 13.4.